The molecule has 1 aromatic heterocycles. The fourth-order valence-corrected chi connectivity index (χ4v) is 6.57. The maximum Gasteiger partial charge on any atom is 0.272 e. The molecule has 4 aromatic rings. The van der Waals surface area contributed by atoms with E-state index in [0.29, 0.717) is 23.5 Å². The SMILES string of the molecule is O=c1[nH]nc(NC2CC3CC[C@H](C2)N3CCCC(c2ccc(F)cc2)c2ccc(F)cc2)c2ccccc12. The van der Waals surface area contributed by atoms with Crippen LogP contribution in [0.1, 0.15) is 55.6 Å². The highest BCUT2D eigenvalue weighted by molar-refractivity contribution is 5.90. The predicted octanol–water partition coefficient (Wildman–Crippen LogP) is 6.22. The number of benzene rings is 3. The number of nitrogens with one attached hydrogen (secondary N) is 2. The van der Waals surface area contributed by atoms with Gasteiger partial charge in [0.15, 0.2) is 5.82 Å². The minimum absolute atomic E-state index is 0.104. The van der Waals surface area contributed by atoms with E-state index in [-0.39, 0.29) is 23.1 Å². The summed E-state index contributed by atoms with van der Waals surface area (Å²) in [7, 11) is 0. The number of anilines is 1. The van der Waals surface area contributed by atoms with Gasteiger partial charge in [0.1, 0.15) is 11.6 Å². The molecule has 0 saturated carbocycles. The number of halogens is 2. The van der Waals surface area contributed by atoms with Crippen molar-refractivity contribution in [3.63, 3.8) is 0 Å². The molecule has 0 radical (unpaired) electrons. The number of aromatic amines is 1. The van der Waals surface area contributed by atoms with Crippen molar-refractivity contribution >= 4 is 16.6 Å². The molecule has 2 unspecified atom stereocenters. The lowest BCUT2D eigenvalue weighted by atomic mass is 9.87. The van der Waals surface area contributed by atoms with Crippen LogP contribution in [0.3, 0.4) is 0 Å². The summed E-state index contributed by atoms with van der Waals surface area (Å²) in [5.41, 5.74) is 1.95. The van der Waals surface area contributed by atoms with Crippen LogP contribution in [0.5, 0.6) is 0 Å². The Labute approximate surface area is 220 Å². The number of H-pyrrole nitrogens is 1. The molecule has 3 heterocycles. The monoisotopic (exact) mass is 514 g/mol. The Balaban J connectivity index is 1.11. The Bertz CT molecular complexity index is 1390. The Morgan fingerprint density at radius 3 is 2.05 bits per heavy atom. The van der Waals surface area contributed by atoms with E-state index in [0.717, 1.165) is 54.6 Å². The summed E-state index contributed by atoms with van der Waals surface area (Å²) in [4.78, 5) is 14.8. The average molecular weight is 515 g/mol. The van der Waals surface area contributed by atoms with Crippen molar-refractivity contribution in [2.75, 3.05) is 11.9 Å². The van der Waals surface area contributed by atoms with Crippen LogP contribution < -0.4 is 10.9 Å². The predicted molar refractivity (Wildman–Crippen MR) is 146 cm³/mol. The molecule has 3 aromatic carbocycles. The molecule has 2 saturated heterocycles. The van der Waals surface area contributed by atoms with E-state index in [1.165, 1.54) is 37.1 Å². The summed E-state index contributed by atoms with van der Waals surface area (Å²) in [6.07, 6.45) is 6.42. The minimum atomic E-state index is -0.246. The van der Waals surface area contributed by atoms with Gasteiger partial charge in [0.25, 0.3) is 5.56 Å². The highest BCUT2D eigenvalue weighted by Crippen LogP contribution is 2.38. The van der Waals surface area contributed by atoms with Gasteiger partial charge in [-0.15, -0.1) is 0 Å². The van der Waals surface area contributed by atoms with Gasteiger partial charge in [-0.2, -0.15) is 5.10 Å². The van der Waals surface area contributed by atoms with E-state index in [9.17, 15) is 13.6 Å². The molecule has 0 amide bonds. The van der Waals surface area contributed by atoms with Crippen molar-refractivity contribution in [1.29, 1.82) is 0 Å². The maximum absolute atomic E-state index is 13.6. The Morgan fingerprint density at radius 1 is 0.868 bits per heavy atom. The molecule has 3 atom stereocenters. The van der Waals surface area contributed by atoms with Crippen LogP contribution in [-0.2, 0) is 0 Å². The Morgan fingerprint density at radius 2 is 1.45 bits per heavy atom. The molecule has 2 bridgehead atoms. The third-order valence-electron chi connectivity index (χ3n) is 8.38. The van der Waals surface area contributed by atoms with Gasteiger partial charge in [0, 0.05) is 29.4 Å². The molecular formula is C31H32F2N4O. The second-order valence-corrected chi connectivity index (χ2v) is 10.7. The van der Waals surface area contributed by atoms with Crippen LogP contribution in [0.4, 0.5) is 14.6 Å². The van der Waals surface area contributed by atoms with Gasteiger partial charge < -0.3 is 5.32 Å². The zero-order valence-corrected chi connectivity index (χ0v) is 21.2. The molecular weight excluding hydrogens is 482 g/mol. The number of nitrogens with zero attached hydrogens (tertiary/aromatic N) is 2. The highest BCUT2D eigenvalue weighted by atomic mass is 19.1. The standard InChI is InChI=1S/C31H32F2N4O/c32-22-11-7-20(8-12-22)27(21-9-13-23(33)14-10-21)6-3-17-37-25-15-16-26(37)19-24(18-25)34-30-28-4-1-2-5-29(28)31(38)36-35-30/h1-2,4-5,7-14,24-27H,3,6,15-19H2,(H,34,35)(H,36,38)/t24?,25-,26?/m1/s1. The molecule has 6 rings (SSSR count). The van der Waals surface area contributed by atoms with Gasteiger partial charge in [0.2, 0.25) is 0 Å². The van der Waals surface area contributed by atoms with Gasteiger partial charge in [0.05, 0.1) is 5.39 Å². The maximum atomic E-state index is 13.6. The lowest BCUT2D eigenvalue weighted by Crippen LogP contribution is -2.47. The summed E-state index contributed by atoms with van der Waals surface area (Å²) < 4.78 is 27.2. The minimum Gasteiger partial charge on any atom is -0.365 e. The van der Waals surface area contributed by atoms with Crippen LogP contribution in [0, 0.1) is 11.6 Å². The van der Waals surface area contributed by atoms with Crippen molar-refractivity contribution in [3.05, 3.63) is 106 Å². The zero-order valence-electron chi connectivity index (χ0n) is 21.2. The molecule has 0 spiro atoms. The second kappa shape index (κ2) is 10.7. The number of hydrogen-bond acceptors (Lipinski definition) is 4. The lowest BCUT2D eigenvalue weighted by Gasteiger charge is -2.39. The van der Waals surface area contributed by atoms with Crippen molar-refractivity contribution in [2.24, 2.45) is 0 Å². The van der Waals surface area contributed by atoms with Crippen LogP contribution in [0.15, 0.2) is 77.6 Å². The smallest absolute Gasteiger partial charge is 0.272 e. The molecule has 5 nitrogen and oxygen atoms in total. The van der Waals surface area contributed by atoms with Crippen molar-refractivity contribution in [1.82, 2.24) is 15.1 Å². The first-order valence-electron chi connectivity index (χ1n) is 13.6. The topological polar surface area (TPSA) is 61.0 Å². The average Bonchev–Trinajstić information content (AvgIpc) is 3.17. The normalized spacial score (nSPS) is 21.3. The van der Waals surface area contributed by atoms with E-state index in [1.807, 2.05) is 48.5 Å². The van der Waals surface area contributed by atoms with Gasteiger partial charge in [-0.3, -0.25) is 9.69 Å². The number of rotatable bonds is 8. The first-order valence-corrected chi connectivity index (χ1v) is 13.6. The molecule has 2 fully saturated rings. The number of hydrogen-bond donors (Lipinski definition) is 2. The van der Waals surface area contributed by atoms with Crippen LogP contribution >= 0.6 is 0 Å². The lowest BCUT2D eigenvalue weighted by molar-refractivity contribution is 0.129. The quantitative estimate of drug-likeness (QED) is 0.293. The molecule has 2 aliphatic rings. The third-order valence-corrected chi connectivity index (χ3v) is 8.38. The zero-order chi connectivity index (χ0) is 26.1. The first kappa shape index (κ1) is 24.7. The molecule has 38 heavy (non-hydrogen) atoms. The Kier molecular flexibility index (Phi) is 6.94. The van der Waals surface area contributed by atoms with Crippen LogP contribution in [0.2, 0.25) is 0 Å². The van der Waals surface area contributed by atoms with E-state index in [1.54, 1.807) is 0 Å². The van der Waals surface area contributed by atoms with Crippen LogP contribution in [-0.4, -0.2) is 39.8 Å². The highest BCUT2D eigenvalue weighted by Gasteiger charge is 2.40. The fourth-order valence-electron chi connectivity index (χ4n) is 6.57. The van der Waals surface area contributed by atoms with Gasteiger partial charge in [-0.1, -0.05) is 42.5 Å². The molecule has 2 N–H and O–H groups in total. The van der Waals surface area contributed by atoms with E-state index in [4.69, 9.17) is 0 Å². The molecule has 0 aliphatic carbocycles. The van der Waals surface area contributed by atoms with Gasteiger partial charge in [-0.25, -0.2) is 13.9 Å². The number of aromatic nitrogens is 2. The van der Waals surface area contributed by atoms with E-state index >= 15 is 0 Å². The fraction of sp³-hybridized carbons (Fsp3) is 0.355. The van der Waals surface area contributed by atoms with E-state index < -0.39 is 0 Å². The summed E-state index contributed by atoms with van der Waals surface area (Å²) in [6.45, 7) is 1.01. The molecule has 196 valence electrons. The summed E-state index contributed by atoms with van der Waals surface area (Å²) in [5, 5.41) is 12.1. The third kappa shape index (κ3) is 5.07. The molecule has 7 heteroatoms. The largest absolute Gasteiger partial charge is 0.365 e. The van der Waals surface area contributed by atoms with Crippen LogP contribution in [0.25, 0.3) is 10.8 Å². The number of piperidine rings is 1. The van der Waals surface area contributed by atoms with E-state index in [2.05, 4.69) is 20.4 Å². The summed E-state index contributed by atoms with van der Waals surface area (Å²) >= 11 is 0. The van der Waals surface area contributed by atoms with Gasteiger partial charge >= 0.3 is 0 Å². The summed E-state index contributed by atoms with van der Waals surface area (Å²) in [5.74, 6) is 0.363. The summed E-state index contributed by atoms with van der Waals surface area (Å²) in [6, 6.07) is 22.4. The van der Waals surface area contributed by atoms with Crippen molar-refractivity contribution in [3.8, 4) is 0 Å². The Hall–Kier alpha value is -3.58. The molecule has 2 aliphatic heterocycles. The van der Waals surface area contributed by atoms with Crippen molar-refractivity contribution < 1.29 is 8.78 Å². The van der Waals surface area contributed by atoms with Gasteiger partial charge in [-0.05, 0) is 86.5 Å². The van der Waals surface area contributed by atoms with Crippen molar-refractivity contribution in [2.45, 2.75) is 62.6 Å². The number of fused-ring (bicyclic) bond motifs is 3. The second-order valence-electron chi connectivity index (χ2n) is 10.7. The first-order chi connectivity index (χ1) is 18.5.